The summed E-state index contributed by atoms with van der Waals surface area (Å²) < 4.78 is 5.44. The van der Waals surface area contributed by atoms with Crippen LogP contribution < -0.4 is 15.4 Å². The Bertz CT molecular complexity index is 363. The molecule has 0 aliphatic rings. The van der Waals surface area contributed by atoms with Crippen molar-refractivity contribution >= 4 is 11.9 Å². The molecule has 0 fully saturated rings. The number of nitrogens with one attached hydrogen (secondary N) is 2. The average molecular weight is 283 g/mol. The fraction of sp³-hybridized carbons (Fsp3) is 0.769. The van der Waals surface area contributed by atoms with Crippen molar-refractivity contribution in [1.29, 1.82) is 0 Å². The predicted octanol–water partition coefficient (Wildman–Crippen LogP) is 1.67. The van der Waals surface area contributed by atoms with Crippen LogP contribution in [0.3, 0.4) is 0 Å². The molecule has 114 valence electrons. The van der Waals surface area contributed by atoms with Crippen LogP contribution in [0.5, 0.6) is 6.01 Å². The van der Waals surface area contributed by atoms with E-state index >= 15 is 0 Å². The van der Waals surface area contributed by atoms with Gasteiger partial charge in [0.15, 0.2) is 0 Å². The topological polar surface area (TPSA) is 92.2 Å². The number of hydrogen-bond acceptors (Lipinski definition) is 7. The highest BCUT2D eigenvalue weighted by atomic mass is 16.5. The molecule has 1 aromatic rings. The highest BCUT2D eigenvalue weighted by Gasteiger charge is 2.08. The molecule has 0 spiro atoms. The van der Waals surface area contributed by atoms with Crippen molar-refractivity contribution in [2.24, 2.45) is 0 Å². The zero-order valence-corrected chi connectivity index (χ0v) is 12.5. The van der Waals surface area contributed by atoms with Crippen molar-refractivity contribution in [3.8, 4) is 6.01 Å². The average Bonchev–Trinajstić information content (AvgIpc) is 2.48. The number of aromatic nitrogens is 3. The highest BCUT2D eigenvalue weighted by Crippen LogP contribution is 2.11. The van der Waals surface area contributed by atoms with E-state index in [-0.39, 0.29) is 0 Å². The van der Waals surface area contributed by atoms with Gasteiger partial charge in [-0.15, -0.1) is 0 Å². The molecule has 1 rings (SSSR count). The molecule has 0 amide bonds. The van der Waals surface area contributed by atoms with Gasteiger partial charge in [0.05, 0.1) is 12.7 Å². The molecule has 0 aliphatic carbocycles. The molecule has 3 N–H and O–H groups in total. The van der Waals surface area contributed by atoms with E-state index in [1.807, 2.05) is 13.8 Å². The third kappa shape index (κ3) is 6.01. The van der Waals surface area contributed by atoms with E-state index in [1.54, 1.807) is 0 Å². The van der Waals surface area contributed by atoms with Gasteiger partial charge in [-0.3, -0.25) is 0 Å². The Balaban J connectivity index is 2.73. The number of nitrogens with zero attached hydrogens (tertiary/aromatic N) is 3. The van der Waals surface area contributed by atoms with Gasteiger partial charge in [-0.25, -0.2) is 0 Å². The van der Waals surface area contributed by atoms with Gasteiger partial charge >= 0.3 is 6.01 Å². The van der Waals surface area contributed by atoms with Crippen molar-refractivity contribution in [2.45, 2.75) is 46.1 Å². The third-order valence-electron chi connectivity index (χ3n) is 2.55. The standard InChI is InChI=1S/C13H25N5O2/c1-4-7-14-11-16-12(15-9-10(19)6-3)18-13(17-11)20-8-5-2/h10,19H,4-9H2,1-3H3,(H2,14,15,16,17,18). The van der Waals surface area contributed by atoms with Gasteiger partial charge in [-0.05, 0) is 19.3 Å². The Morgan fingerprint density at radius 2 is 1.75 bits per heavy atom. The molecule has 0 saturated heterocycles. The Labute approximate surface area is 120 Å². The summed E-state index contributed by atoms with van der Waals surface area (Å²) >= 11 is 0. The van der Waals surface area contributed by atoms with Crippen molar-refractivity contribution in [1.82, 2.24) is 15.0 Å². The van der Waals surface area contributed by atoms with E-state index in [4.69, 9.17) is 4.74 Å². The molecule has 0 bridgehead atoms. The molecule has 0 saturated carbocycles. The van der Waals surface area contributed by atoms with Crippen LogP contribution in [0.15, 0.2) is 0 Å². The first kappa shape index (κ1) is 16.4. The van der Waals surface area contributed by atoms with E-state index in [9.17, 15) is 5.11 Å². The molecular formula is C13H25N5O2. The monoisotopic (exact) mass is 283 g/mol. The minimum atomic E-state index is -0.418. The molecule has 1 unspecified atom stereocenters. The van der Waals surface area contributed by atoms with Crippen LogP contribution in [-0.4, -0.2) is 45.9 Å². The largest absolute Gasteiger partial charge is 0.463 e. The number of aliphatic hydroxyl groups excluding tert-OH is 1. The first-order valence-electron chi connectivity index (χ1n) is 7.24. The Hall–Kier alpha value is -1.63. The molecular weight excluding hydrogens is 258 g/mol. The van der Waals surface area contributed by atoms with Crippen LogP contribution in [0.4, 0.5) is 11.9 Å². The molecule has 20 heavy (non-hydrogen) atoms. The fourth-order valence-corrected chi connectivity index (χ4v) is 1.36. The molecule has 1 atom stereocenters. The molecule has 7 heteroatoms. The quantitative estimate of drug-likeness (QED) is 0.601. The van der Waals surface area contributed by atoms with E-state index in [0.717, 1.165) is 19.4 Å². The maximum absolute atomic E-state index is 9.56. The summed E-state index contributed by atoms with van der Waals surface area (Å²) in [6, 6.07) is 0.300. The van der Waals surface area contributed by atoms with E-state index in [1.165, 1.54) is 0 Å². The van der Waals surface area contributed by atoms with Crippen LogP contribution in [0.25, 0.3) is 0 Å². The van der Waals surface area contributed by atoms with Crippen LogP contribution >= 0.6 is 0 Å². The third-order valence-corrected chi connectivity index (χ3v) is 2.55. The normalized spacial score (nSPS) is 12.0. The Kier molecular flexibility index (Phi) is 7.64. The lowest BCUT2D eigenvalue weighted by Gasteiger charge is -2.12. The number of hydrogen-bond donors (Lipinski definition) is 3. The highest BCUT2D eigenvalue weighted by molar-refractivity contribution is 5.35. The van der Waals surface area contributed by atoms with E-state index < -0.39 is 6.10 Å². The number of aliphatic hydroxyl groups is 1. The van der Waals surface area contributed by atoms with Gasteiger partial charge in [-0.1, -0.05) is 20.8 Å². The van der Waals surface area contributed by atoms with E-state index in [2.05, 4.69) is 32.5 Å². The number of rotatable bonds is 10. The summed E-state index contributed by atoms with van der Waals surface area (Å²) in [6.07, 6.45) is 2.13. The summed E-state index contributed by atoms with van der Waals surface area (Å²) in [5, 5.41) is 15.7. The van der Waals surface area contributed by atoms with Gasteiger partial charge in [-0.2, -0.15) is 15.0 Å². The first-order chi connectivity index (χ1) is 9.69. The molecule has 1 aromatic heterocycles. The van der Waals surface area contributed by atoms with Crippen LogP contribution in [-0.2, 0) is 0 Å². The number of ether oxygens (including phenoxy) is 1. The summed E-state index contributed by atoms with van der Waals surface area (Å²) in [5.74, 6) is 0.902. The van der Waals surface area contributed by atoms with Gasteiger partial charge in [0.2, 0.25) is 11.9 Å². The molecule has 0 aromatic carbocycles. The number of anilines is 2. The SMILES string of the molecule is CCCNc1nc(NCC(O)CC)nc(OCCC)n1. The molecule has 0 radical (unpaired) electrons. The fourth-order valence-electron chi connectivity index (χ4n) is 1.36. The van der Waals surface area contributed by atoms with E-state index in [0.29, 0.717) is 37.5 Å². The Morgan fingerprint density at radius 1 is 1.05 bits per heavy atom. The lowest BCUT2D eigenvalue weighted by atomic mass is 10.3. The lowest BCUT2D eigenvalue weighted by molar-refractivity contribution is 0.183. The summed E-state index contributed by atoms with van der Waals surface area (Å²) in [7, 11) is 0. The molecule has 0 aliphatic heterocycles. The molecule has 7 nitrogen and oxygen atoms in total. The maximum atomic E-state index is 9.56. The summed E-state index contributed by atoms with van der Waals surface area (Å²) in [5.41, 5.74) is 0. The predicted molar refractivity (Wildman–Crippen MR) is 79.2 cm³/mol. The second-order valence-electron chi connectivity index (χ2n) is 4.48. The zero-order valence-electron chi connectivity index (χ0n) is 12.5. The van der Waals surface area contributed by atoms with Gasteiger partial charge < -0.3 is 20.5 Å². The lowest BCUT2D eigenvalue weighted by Crippen LogP contribution is -2.20. The molecule has 1 heterocycles. The van der Waals surface area contributed by atoms with Crippen molar-refractivity contribution in [3.05, 3.63) is 0 Å². The second-order valence-corrected chi connectivity index (χ2v) is 4.48. The minimum absolute atomic E-state index is 0.300. The smallest absolute Gasteiger partial charge is 0.323 e. The van der Waals surface area contributed by atoms with Crippen LogP contribution in [0.2, 0.25) is 0 Å². The summed E-state index contributed by atoms with van der Waals surface area (Å²) in [6.45, 7) is 7.76. The van der Waals surface area contributed by atoms with Crippen LogP contribution in [0, 0.1) is 0 Å². The second kappa shape index (κ2) is 9.30. The van der Waals surface area contributed by atoms with Crippen LogP contribution in [0.1, 0.15) is 40.0 Å². The first-order valence-corrected chi connectivity index (χ1v) is 7.24. The maximum Gasteiger partial charge on any atom is 0.323 e. The Morgan fingerprint density at radius 3 is 2.35 bits per heavy atom. The van der Waals surface area contributed by atoms with Crippen molar-refractivity contribution < 1.29 is 9.84 Å². The van der Waals surface area contributed by atoms with Crippen molar-refractivity contribution in [3.63, 3.8) is 0 Å². The minimum Gasteiger partial charge on any atom is -0.463 e. The van der Waals surface area contributed by atoms with Crippen molar-refractivity contribution in [2.75, 3.05) is 30.3 Å². The van der Waals surface area contributed by atoms with Gasteiger partial charge in [0.1, 0.15) is 0 Å². The zero-order chi connectivity index (χ0) is 14.8. The van der Waals surface area contributed by atoms with Gasteiger partial charge in [0.25, 0.3) is 0 Å². The van der Waals surface area contributed by atoms with Gasteiger partial charge in [0, 0.05) is 13.1 Å². The summed E-state index contributed by atoms with van der Waals surface area (Å²) in [4.78, 5) is 12.6.